The first kappa shape index (κ1) is 23.0. The first-order valence-corrected chi connectivity index (χ1v) is 10.8. The Bertz CT molecular complexity index is 536. The van der Waals surface area contributed by atoms with Crippen LogP contribution in [-0.2, 0) is 6.42 Å². The van der Waals surface area contributed by atoms with E-state index in [1.165, 1.54) is 76.3 Å². The number of aryl methyl sites for hydroxylation is 1. The summed E-state index contributed by atoms with van der Waals surface area (Å²) >= 11 is 0. The van der Waals surface area contributed by atoms with Gasteiger partial charge in [0, 0.05) is 0 Å². The molecule has 1 saturated carbocycles. The largest absolute Gasteiger partial charge is 0.461 e. The van der Waals surface area contributed by atoms with Crippen LogP contribution in [0, 0.1) is 11.8 Å². The van der Waals surface area contributed by atoms with Crippen LogP contribution in [0.2, 0.25) is 0 Å². The molecule has 0 unspecified atom stereocenters. The van der Waals surface area contributed by atoms with Crippen LogP contribution >= 0.6 is 0 Å². The second kappa shape index (κ2) is 11.7. The quantitative estimate of drug-likeness (QED) is 0.254. The molecule has 2 rings (SSSR count). The zero-order valence-corrected chi connectivity index (χ0v) is 16.9. The second-order valence-corrected chi connectivity index (χ2v) is 8.24. The van der Waals surface area contributed by atoms with Crippen molar-refractivity contribution in [1.82, 2.24) is 0 Å². The van der Waals surface area contributed by atoms with Crippen molar-refractivity contribution >= 4 is 0 Å². The normalized spacial score (nSPS) is 20.5. The van der Waals surface area contributed by atoms with Crippen molar-refractivity contribution in [2.24, 2.45) is 11.8 Å². The maximum absolute atomic E-state index is 12.9. The lowest BCUT2D eigenvalue weighted by Gasteiger charge is -2.28. The lowest BCUT2D eigenvalue weighted by Crippen LogP contribution is -2.33. The van der Waals surface area contributed by atoms with E-state index < -0.39 is 12.5 Å². The highest BCUT2D eigenvalue weighted by molar-refractivity contribution is 5.27. The molecule has 0 aromatic heterocycles. The number of ether oxygens (including phenoxy) is 1. The lowest BCUT2D eigenvalue weighted by molar-refractivity contribution is -0.253. The molecule has 1 aromatic carbocycles. The number of hydrogen-bond donors (Lipinski definition) is 0. The van der Waals surface area contributed by atoms with Gasteiger partial charge in [0.25, 0.3) is 0 Å². The minimum atomic E-state index is -4.45. The van der Waals surface area contributed by atoms with E-state index in [4.69, 9.17) is 0 Å². The molecule has 0 atom stereocenters. The number of benzene rings is 1. The molecular weight excluding hydrogens is 368 g/mol. The van der Waals surface area contributed by atoms with E-state index in [0.29, 0.717) is 0 Å². The molecule has 0 saturated heterocycles. The van der Waals surface area contributed by atoms with E-state index in [-0.39, 0.29) is 5.75 Å². The Morgan fingerprint density at radius 2 is 1.46 bits per heavy atom. The van der Waals surface area contributed by atoms with E-state index in [0.717, 1.165) is 30.2 Å². The number of rotatable bonds is 12. The molecule has 0 heterocycles. The maximum Gasteiger partial charge on any atom is 0.461 e. The average Bonchev–Trinajstić information content (AvgIpc) is 2.68. The standard InChI is InChI=1S/C23H34F4O/c1-2-3-4-5-6-7-18-8-10-19(11-9-18)12-13-20-14-16-21(17-15-20)28-23(26,27)22(24)25/h14-19,22H,2-13H2,1H3/t18-,19-. The first-order chi connectivity index (χ1) is 13.4. The fraction of sp³-hybridized carbons (Fsp3) is 0.739. The van der Waals surface area contributed by atoms with Gasteiger partial charge in [0.05, 0.1) is 0 Å². The highest BCUT2D eigenvalue weighted by atomic mass is 19.3. The Morgan fingerprint density at radius 3 is 2.04 bits per heavy atom. The monoisotopic (exact) mass is 402 g/mol. The van der Waals surface area contributed by atoms with Crippen molar-refractivity contribution in [3.63, 3.8) is 0 Å². The van der Waals surface area contributed by atoms with Gasteiger partial charge in [-0.1, -0.05) is 83.3 Å². The van der Waals surface area contributed by atoms with E-state index in [2.05, 4.69) is 11.7 Å². The molecule has 0 spiro atoms. The minimum absolute atomic E-state index is 0.228. The van der Waals surface area contributed by atoms with E-state index in [9.17, 15) is 17.6 Å². The third-order valence-corrected chi connectivity index (χ3v) is 5.95. The Balaban J connectivity index is 1.64. The first-order valence-electron chi connectivity index (χ1n) is 10.8. The Morgan fingerprint density at radius 1 is 0.893 bits per heavy atom. The molecular formula is C23H34F4O. The summed E-state index contributed by atoms with van der Waals surface area (Å²) in [6, 6.07) is 6.08. The summed E-state index contributed by atoms with van der Waals surface area (Å²) in [6.07, 6.45) is 7.05. The van der Waals surface area contributed by atoms with Crippen molar-refractivity contribution in [3.8, 4) is 5.75 Å². The van der Waals surface area contributed by atoms with Gasteiger partial charge in [-0.2, -0.15) is 17.6 Å². The molecule has 0 aliphatic heterocycles. The van der Waals surface area contributed by atoms with E-state index in [1.807, 2.05) is 0 Å². The van der Waals surface area contributed by atoms with E-state index in [1.54, 1.807) is 12.1 Å². The Labute approximate surface area is 166 Å². The Kier molecular flexibility index (Phi) is 9.60. The summed E-state index contributed by atoms with van der Waals surface area (Å²) in [5.41, 5.74) is 1.03. The predicted molar refractivity (Wildman–Crippen MR) is 105 cm³/mol. The predicted octanol–water partition coefficient (Wildman–Crippen LogP) is 8.02. The summed E-state index contributed by atoms with van der Waals surface area (Å²) < 4.78 is 54.3. The molecule has 1 aromatic rings. The van der Waals surface area contributed by atoms with Crippen molar-refractivity contribution in [2.45, 2.75) is 96.5 Å². The van der Waals surface area contributed by atoms with Gasteiger partial charge >= 0.3 is 12.5 Å². The summed E-state index contributed by atoms with van der Waals surface area (Å²) in [5, 5.41) is 0. The van der Waals surface area contributed by atoms with Gasteiger partial charge in [-0.25, -0.2) is 0 Å². The van der Waals surface area contributed by atoms with Crippen molar-refractivity contribution in [1.29, 1.82) is 0 Å². The van der Waals surface area contributed by atoms with Crippen LogP contribution in [0.5, 0.6) is 5.75 Å². The smallest absolute Gasteiger partial charge is 0.428 e. The molecule has 1 nitrogen and oxygen atoms in total. The van der Waals surface area contributed by atoms with Gasteiger partial charge in [-0.15, -0.1) is 0 Å². The van der Waals surface area contributed by atoms with Crippen molar-refractivity contribution in [2.75, 3.05) is 0 Å². The van der Waals surface area contributed by atoms with Crippen molar-refractivity contribution < 1.29 is 22.3 Å². The van der Waals surface area contributed by atoms with Gasteiger partial charge < -0.3 is 4.74 Å². The zero-order chi connectivity index (χ0) is 20.4. The third-order valence-electron chi connectivity index (χ3n) is 5.95. The molecule has 0 amide bonds. The molecule has 1 aliphatic carbocycles. The fourth-order valence-electron chi connectivity index (χ4n) is 4.14. The molecule has 1 fully saturated rings. The maximum atomic E-state index is 12.9. The van der Waals surface area contributed by atoms with Crippen LogP contribution in [0.1, 0.15) is 83.1 Å². The van der Waals surface area contributed by atoms with Crippen LogP contribution in [-0.4, -0.2) is 12.5 Å². The third kappa shape index (κ3) is 8.00. The zero-order valence-electron chi connectivity index (χ0n) is 16.9. The van der Waals surface area contributed by atoms with Gasteiger partial charge in [0.15, 0.2) is 0 Å². The summed E-state index contributed by atoms with van der Waals surface area (Å²) in [6.45, 7) is 2.25. The molecule has 5 heteroatoms. The molecule has 0 bridgehead atoms. The van der Waals surface area contributed by atoms with Gasteiger partial charge in [0.1, 0.15) is 5.75 Å². The number of halogens is 4. The summed E-state index contributed by atoms with van der Waals surface area (Å²) in [5.74, 6) is 1.40. The van der Waals surface area contributed by atoms with Crippen LogP contribution < -0.4 is 4.74 Å². The topological polar surface area (TPSA) is 9.23 Å². The molecule has 160 valence electrons. The van der Waals surface area contributed by atoms with Gasteiger partial charge in [-0.3, -0.25) is 0 Å². The molecule has 0 N–H and O–H groups in total. The number of unbranched alkanes of at least 4 members (excludes halogenated alkanes) is 4. The van der Waals surface area contributed by atoms with Crippen LogP contribution in [0.25, 0.3) is 0 Å². The average molecular weight is 403 g/mol. The van der Waals surface area contributed by atoms with Crippen LogP contribution in [0.4, 0.5) is 17.6 Å². The van der Waals surface area contributed by atoms with Crippen LogP contribution in [0.3, 0.4) is 0 Å². The SMILES string of the molecule is CCCCCCC[C@H]1CC[C@H](CCc2ccc(OC(F)(F)C(F)F)cc2)CC1. The number of alkyl halides is 4. The Hall–Kier alpha value is -1.26. The minimum Gasteiger partial charge on any atom is -0.428 e. The van der Waals surface area contributed by atoms with Crippen molar-refractivity contribution in [3.05, 3.63) is 29.8 Å². The van der Waals surface area contributed by atoms with Crippen LogP contribution in [0.15, 0.2) is 24.3 Å². The highest BCUT2D eigenvalue weighted by Gasteiger charge is 2.43. The highest BCUT2D eigenvalue weighted by Crippen LogP contribution is 2.34. The summed E-state index contributed by atoms with van der Waals surface area (Å²) in [7, 11) is 0. The molecule has 1 aliphatic rings. The lowest BCUT2D eigenvalue weighted by atomic mass is 9.78. The summed E-state index contributed by atoms with van der Waals surface area (Å²) in [4.78, 5) is 0. The van der Waals surface area contributed by atoms with Gasteiger partial charge in [-0.05, 0) is 42.4 Å². The van der Waals surface area contributed by atoms with E-state index >= 15 is 0 Å². The molecule has 28 heavy (non-hydrogen) atoms. The second-order valence-electron chi connectivity index (χ2n) is 8.24. The van der Waals surface area contributed by atoms with Gasteiger partial charge in [0.2, 0.25) is 0 Å². The fourth-order valence-corrected chi connectivity index (χ4v) is 4.14. The molecule has 0 radical (unpaired) electrons. The number of hydrogen-bond acceptors (Lipinski definition) is 1.